The molecule has 0 saturated carbocycles. The Morgan fingerprint density at radius 2 is 1.86 bits per heavy atom. The molecule has 0 bridgehead atoms. The van der Waals surface area contributed by atoms with Gasteiger partial charge in [0.2, 0.25) is 0 Å². The van der Waals surface area contributed by atoms with Gasteiger partial charge in [-0.2, -0.15) is 10.4 Å². The number of para-hydroxylation sites is 1. The van der Waals surface area contributed by atoms with E-state index in [1.54, 1.807) is 4.68 Å². The number of amides is 2. The fourth-order valence-electron chi connectivity index (χ4n) is 3.05. The molecule has 3 aromatic rings. The molecule has 0 aliphatic carbocycles. The van der Waals surface area contributed by atoms with E-state index in [1.165, 1.54) is 0 Å². The Balaban J connectivity index is 1.51. The van der Waals surface area contributed by atoms with Crippen molar-refractivity contribution in [3.8, 4) is 11.8 Å². The maximum Gasteiger partial charge on any atom is 0.315 e. The number of carbonyl (C=O) groups excluding carboxylic acids is 1. The number of nitrogens with zero attached hydrogens (tertiary/aromatic N) is 3. The third kappa shape index (κ3) is 4.93. The molecule has 148 valence electrons. The van der Waals surface area contributed by atoms with Crippen molar-refractivity contribution in [2.75, 3.05) is 12.3 Å². The average Bonchev–Trinajstić information content (AvgIpc) is 3.06. The zero-order chi connectivity index (χ0) is 20.6. The molecule has 1 heterocycles. The highest BCUT2D eigenvalue weighted by molar-refractivity contribution is 5.73. The van der Waals surface area contributed by atoms with Crippen LogP contribution in [0.25, 0.3) is 5.69 Å². The summed E-state index contributed by atoms with van der Waals surface area (Å²) >= 11 is 0. The Morgan fingerprint density at radius 1 is 1.14 bits per heavy atom. The molecule has 0 fully saturated rings. The topological polar surface area (TPSA) is 109 Å². The number of aromatic nitrogens is 2. The summed E-state index contributed by atoms with van der Waals surface area (Å²) in [6.45, 7) is 2.97. The number of nitriles is 1. The molecule has 29 heavy (non-hydrogen) atoms. The first-order valence-electron chi connectivity index (χ1n) is 9.49. The lowest BCUT2D eigenvalue weighted by atomic mass is 10.1. The number of nitrogen functional groups attached to an aromatic ring is 1. The molecule has 2 amide bonds. The van der Waals surface area contributed by atoms with Gasteiger partial charge in [0, 0.05) is 13.1 Å². The molecule has 0 radical (unpaired) electrons. The number of benzene rings is 2. The van der Waals surface area contributed by atoms with Gasteiger partial charge in [0.25, 0.3) is 0 Å². The lowest BCUT2D eigenvalue weighted by Crippen LogP contribution is -2.35. The first kappa shape index (κ1) is 20.0. The zero-order valence-electron chi connectivity index (χ0n) is 16.4. The predicted octanol–water partition coefficient (Wildman–Crippen LogP) is 3.07. The molecule has 0 aliphatic heterocycles. The van der Waals surface area contributed by atoms with Gasteiger partial charge in [0.05, 0.1) is 11.4 Å². The highest BCUT2D eigenvalue weighted by Gasteiger charge is 2.16. The molecular weight excluding hydrogens is 364 g/mol. The van der Waals surface area contributed by atoms with Gasteiger partial charge in [-0.05, 0) is 43.0 Å². The number of urea groups is 1. The van der Waals surface area contributed by atoms with Crippen LogP contribution in [0.4, 0.5) is 10.6 Å². The van der Waals surface area contributed by atoms with Gasteiger partial charge < -0.3 is 16.4 Å². The molecule has 2 aromatic carbocycles. The van der Waals surface area contributed by atoms with Crippen LogP contribution in [0.5, 0.6) is 0 Å². The van der Waals surface area contributed by atoms with E-state index in [1.807, 2.05) is 61.5 Å². The van der Waals surface area contributed by atoms with Crippen LogP contribution in [-0.2, 0) is 13.0 Å². The lowest BCUT2D eigenvalue weighted by Gasteiger charge is -2.09. The largest absolute Gasteiger partial charge is 0.382 e. The van der Waals surface area contributed by atoms with E-state index in [-0.39, 0.29) is 6.03 Å². The van der Waals surface area contributed by atoms with Crippen LogP contribution in [-0.4, -0.2) is 22.4 Å². The van der Waals surface area contributed by atoms with Gasteiger partial charge in [-0.3, -0.25) is 0 Å². The van der Waals surface area contributed by atoms with Gasteiger partial charge in [-0.25, -0.2) is 9.48 Å². The molecule has 0 aliphatic rings. The summed E-state index contributed by atoms with van der Waals surface area (Å²) in [6, 6.07) is 19.3. The van der Waals surface area contributed by atoms with E-state index < -0.39 is 0 Å². The van der Waals surface area contributed by atoms with Crippen molar-refractivity contribution in [2.45, 2.75) is 26.3 Å². The monoisotopic (exact) mass is 388 g/mol. The van der Waals surface area contributed by atoms with E-state index in [0.29, 0.717) is 43.0 Å². The minimum atomic E-state index is -0.219. The summed E-state index contributed by atoms with van der Waals surface area (Å²) in [6.07, 6.45) is 1.20. The SMILES string of the molecule is Cc1ccccc1CNC(=O)NCCCc1nn(-c2ccccc2)c(N)c1C#N. The normalized spacial score (nSPS) is 10.3. The summed E-state index contributed by atoms with van der Waals surface area (Å²) in [5.74, 6) is 0.331. The molecule has 0 atom stereocenters. The summed E-state index contributed by atoms with van der Waals surface area (Å²) in [7, 11) is 0. The second kappa shape index (κ2) is 9.42. The standard InChI is InChI=1S/C22H24N6O/c1-16-8-5-6-9-17(16)15-26-22(29)25-13-7-12-20-19(14-23)21(24)28(27-20)18-10-3-2-4-11-18/h2-6,8-11H,7,12-13,15,24H2,1H3,(H2,25,26,29). The summed E-state index contributed by atoms with van der Waals surface area (Å²) in [5, 5.41) is 19.6. The van der Waals surface area contributed by atoms with Crippen molar-refractivity contribution in [3.05, 3.63) is 77.0 Å². The molecule has 3 rings (SSSR count). The van der Waals surface area contributed by atoms with Crippen LogP contribution < -0.4 is 16.4 Å². The van der Waals surface area contributed by atoms with Crippen LogP contribution in [0.15, 0.2) is 54.6 Å². The van der Waals surface area contributed by atoms with Crippen molar-refractivity contribution >= 4 is 11.8 Å². The first-order valence-corrected chi connectivity index (χ1v) is 9.49. The number of aryl methyl sites for hydroxylation is 2. The smallest absolute Gasteiger partial charge is 0.315 e. The van der Waals surface area contributed by atoms with Crippen molar-refractivity contribution in [3.63, 3.8) is 0 Å². The average molecular weight is 388 g/mol. The minimum absolute atomic E-state index is 0.219. The van der Waals surface area contributed by atoms with Gasteiger partial charge in [-0.1, -0.05) is 42.5 Å². The summed E-state index contributed by atoms with van der Waals surface area (Å²) in [5.41, 5.74) is 10.2. The zero-order valence-corrected chi connectivity index (χ0v) is 16.4. The molecule has 0 spiro atoms. The van der Waals surface area contributed by atoms with E-state index in [2.05, 4.69) is 21.8 Å². The highest BCUT2D eigenvalue weighted by Crippen LogP contribution is 2.21. The second-order valence-corrected chi connectivity index (χ2v) is 6.71. The minimum Gasteiger partial charge on any atom is -0.382 e. The maximum absolute atomic E-state index is 12.0. The molecule has 0 saturated heterocycles. The fraction of sp³-hybridized carbons (Fsp3) is 0.227. The summed E-state index contributed by atoms with van der Waals surface area (Å²) in [4.78, 5) is 12.0. The quantitative estimate of drug-likeness (QED) is 0.540. The first-order chi connectivity index (χ1) is 14.1. The number of nitrogens with two attached hydrogens (primary N) is 1. The van der Waals surface area contributed by atoms with Crippen molar-refractivity contribution in [1.29, 1.82) is 5.26 Å². The van der Waals surface area contributed by atoms with Gasteiger partial charge >= 0.3 is 6.03 Å². The molecular formula is C22H24N6O. The number of nitrogens with one attached hydrogen (secondary N) is 2. The molecule has 1 aromatic heterocycles. The number of hydrogen-bond acceptors (Lipinski definition) is 4. The lowest BCUT2D eigenvalue weighted by molar-refractivity contribution is 0.240. The number of hydrogen-bond donors (Lipinski definition) is 3. The second-order valence-electron chi connectivity index (χ2n) is 6.71. The van der Waals surface area contributed by atoms with E-state index >= 15 is 0 Å². The molecule has 7 nitrogen and oxygen atoms in total. The Morgan fingerprint density at radius 3 is 2.59 bits per heavy atom. The van der Waals surface area contributed by atoms with E-state index in [9.17, 15) is 10.1 Å². The van der Waals surface area contributed by atoms with Gasteiger partial charge in [0.1, 0.15) is 17.5 Å². The Labute approximate surface area is 170 Å². The third-order valence-corrected chi connectivity index (χ3v) is 4.68. The van der Waals surface area contributed by atoms with Crippen LogP contribution in [0.1, 0.15) is 28.8 Å². The highest BCUT2D eigenvalue weighted by atomic mass is 16.2. The van der Waals surface area contributed by atoms with Crippen molar-refractivity contribution < 1.29 is 4.79 Å². The van der Waals surface area contributed by atoms with Crippen molar-refractivity contribution in [2.24, 2.45) is 0 Å². The van der Waals surface area contributed by atoms with Crippen LogP contribution in [0, 0.1) is 18.3 Å². The van der Waals surface area contributed by atoms with Crippen LogP contribution in [0.3, 0.4) is 0 Å². The molecule has 4 N–H and O–H groups in total. The van der Waals surface area contributed by atoms with E-state index in [0.717, 1.165) is 16.8 Å². The predicted molar refractivity (Wildman–Crippen MR) is 112 cm³/mol. The number of anilines is 1. The van der Waals surface area contributed by atoms with Gasteiger partial charge in [0.15, 0.2) is 0 Å². The molecule has 7 heteroatoms. The molecule has 0 unspecified atom stereocenters. The Hall–Kier alpha value is -3.79. The Kier molecular flexibility index (Phi) is 6.48. The van der Waals surface area contributed by atoms with Crippen molar-refractivity contribution in [1.82, 2.24) is 20.4 Å². The van der Waals surface area contributed by atoms with Gasteiger partial charge in [-0.15, -0.1) is 0 Å². The number of carbonyl (C=O) groups is 1. The fourth-order valence-corrected chi connectivity index (χ4v) is 3.05. The van der Waals surface area contributed by atoms with E-state index in [4.69, 9.17) is 5.73 Å². The van der Waals surface area contributed by atoms with Crippen LogP contribution >= 0.6 is 0 Å². The number of rotatable bonds is 7. The maximum atomic E-state index is 12.0. The summed E-state index contributed by atoms with van der Waals surface area (Å²) < 4.78 is 1.58. The third-order valence-electron chi connectivity index (χ3n) is 4.68. The van der Waals surface area contributed by atoms with Crippen LogP contribution in [0.2, 0.25) is 0 Å². The Bertz CT molecular complexity index is 1020.